The van der Waals surface area contributed by atoms with Crippen molar-refractivity contribution >= 4 is 15.9 Å². The Balaban J connectivity index is 2.26. The van der Waals surface area contributed by atoms with Gasteiger partial charge in [-0.25, -0.2) is 5.90 Å². The maximum absolute atomic E-state index is 6.15. The first-order valence-electron chi connectivity index (χ1n) is 6.60. The molecule has 4 nitrogen and oxygen atoms in total. The summed E-state index contributed by atoms with van der Waals surface area (Å²) in [7, 11) is 1.66. The van der Waals surface area contributed by atoms with Crippen LogP contribution in [0.2, 0.25) is 0 Å². The summed E-state index contributed by atoms with van der Waals surface area (Å²) >= 11 is 3.56. The minimum atomic E-state index is 0.292. The van der Waals surface area contributed by atoms with Crippen molar-refractivity contribution in [2.45, 2.75) is 38.2 Å². The Morgan fingerprint density at radius 3 is 2.68 bits per heavy atom. The highest BCUT2D eigenvalue weighted by atomic mass is 79.9. The van der Waals surface area contributed by atoms with Gasteiger partial charge in [0.1, 0.15) is 0 Å². The molecule has 1 aliphatic rings. The molecule has 0 radical (unpaired) electrons. The number of halogens is 1. The van der Waals surface area contributed by atoms with Gasteiger partial charge in [0.25, 0.3) is 0 Å². The van der Waals surface area contributed by atoms with Crippen LogP contribution in [0.25, 0.3) is 0 Å². The molecule has 0 aliphatic heterocycles. The smallest absolute Gasteiger partial charge is 0.165 e. The summed E-state index contributed by atoms with van der Waals surface area (Å²) in [6.45, 7) is 0.451. The molecule has 0 atom stereocenters. The van der Waals surface area contributed by atoms with Gasteiger partial charge in [-0.1, -0.05) is 15.9 Å². The highest BCUT2D eigenvalue weighted by Gasteiger charge is 2.21. The number of hydrogen-bond donors (Lipinski definition) is 1. The van der Waals surface area contributed by atoms with Gasteiger partial charge in [-0.05, 0) is 37.8 Å². The summed E-state index contributed by atoms with van der Waals surface area (Å²) in [5.41, 5.74) is 1.05. The van der Waals surface area contributed by atoms with Crippen LogP contribution in [0.5, 0.6) is 11.5 Å². The van der Waals surface area contributed by atoms with Gasteiger partial charge in [0, 0.05) is 16.5 Å². The molecule has 2 N–H and O–H groups in total. The van der Waals surface area contributed by atoms with E-state index in [1.165, 1.54) is 12.8 Å². The average Bonchev–Trinajstić information content (AvgIpc) is 2.91. The van der Waals surface area contributed by atoms with E-state index >= 15 is 0 Å². The molecule has 0 unspecified atom stereocenters. The van der Waals surface area contributed by atoms with E-state index in [9.17, 15) is 0 Å². The summed E-state index contributed by atoms with van der Waals surface area (Å²) in [5, 5.41) is 0. The molecule has 19 heavy (non-hydrogen) atoms. The predicted octanol–water partition coefficient (Wildman–Crippen LogP) is 3.21. The summed E-state index contributed by atoms with van der Waals surface area (Å²) < 4.78 is 12.6. The van der Waals surface area contributed by atoms with Gasteiger partial charge in [0.05, 0.1) is 19.8 Å². The Hall–Kier alpha value is -0.780. The van der Waals surface area contributed by atoms with Crippen molar-refractivity contribution in [3.8, 4) is 11.5 Å². The van der Waals surface area contributed by atoms with Crippen molar-refractivity contribution in [1.82, 2.24) is 0 Å². The minimum Gasteiger partial charge on any atom is -0.493 e. The molecule has 1 aliphatic carbocycles. The third kappa shape index (κ3) is 3.61. The SMILES string of the molecule is COc1ccc(Br)c(CCON)c1OC1CCCC1. The normalized spacial score (nSPS) is 15.7. The summed E-state index contributed by atoms with van der Waals surface area (Å²) in [4.78, 5) is 4.68. The number of nitrogens with two attached hydrogens (primary N) is 1. The van der Waals surface area contributed by atoms with Crippen molar-refractivity contribution in [3.05, 3.63) is 22.2 Å². The maximum atomic E-state index is 6.15. The van der Waals surface area contributed by atoms with Gasteiger partial charge in [-0.15, -0.1) is 0 Å². The van der Waals surface area contributed by atoms with Gasteiger partial charge < -0.3 is 14.3 Å². The van der Waals surface area contributed by atoms with E-state index in [0.717, 1.165) is 34.4 Å². The Morgan fingerprint density at radius 2 is 2.05 bits per heavy atom. The lowest BCUT2D eigenvalue weighted by Gasteiger charge is -2.20. The van der Waals surface area contributed by atoms with Crippen LogP contribution in [0, 0.1) is 0 Å². The van der Waals surface area contributed by atoms with Crippen LogP contribution < -0.4 is 15.4 Å². The molecule has 0 spiro atoms. The molecule has 1 aromatic rings. The van der Waals surface area contributed by atoms with Crippen molar-refractivity contribution in [2.75, 3.05) is 13.7 Å². The number of benzene rings is 1. The van der Waals surface area contributed by atoms with Crippen molar-refractivity contribution < 1.29 is 14.3 Å². The second-order valence-corrected chi connectivity index (χ2v) is 5.56. The van der Waals surface area contributed by atoms with Crippen LogP contribution in [0.3, 0.4) is 0 Å². The van der Waals surface area contributed by atoms with Crippen LogP contribution in [0.4, 0.5) is 0 Å². The monoisotopic (exact) mass is 329 g/mol. The fourth-order valence-corrected chi connectivity index (χ4v) is 2.95. The standard InChI is InChI=1S/C14H20BrNO3/c1-17-13-7-6-12(15)11(8-9-18-16)14(13)19-10-4-2-3-5-10/h6-7,10H,2-5,8-9,16H2,1H3. The molecule has 0 bridgehead atoms. The summed E-state index contributed by atoms with van der Waals surface area (Å²) in [6, 6.07) is 3.88. The Bertz CT molecular complexity index is 419. The number of ether oxygens (including phenoxy) is 2. The van der Waals surface area contributed by atoms with Crippen LogP contribution in [-0.4, -0.2) is 19.8 Å². The third-order valence-corrected chi connectivity index (χ3v) is 4.19. The van der Waals surface area contributed by atoms with E-state index < -0.39 is 0 Å². The average molecular weight is 330 g/mol. The number of hydrogen-bond acceptors (Lipinski definition) is 4. The summed E-state index contributed by atoms with van der Waals surface area (Å²) in [5.74, 6) is 6.71. The zero-order valence-electron chi connectivity index (χ0n) is 11.2. The molecule has 0 saturated heterocycles. The van der Waals surface area contributed by atoms with Crippen LogP contribution >= 0.6 is 15.9 Å². The molecule has 0 heterocycles. The number of methoxy groups -OCH3 is 1. The molecular weight excluding hydrogens is 310 g/mol. The lowest BCUT2D eigenvalue weighted by Crippen LogP contribution is -2.14. The Labute approximate surface area is 122 Å². The largest absolute Gasteiger partial charge is 0.493 e. The van der Waals surface area contributed by atoms with Crippen molar-refractivity contribution in [1.29, 1.82) is 0 Å². The molecule has 2 rings (SSSR count). The quantitative estimate of drug-likeness (QED) is 0.814. The van der Waals surface area contributed by atoms with Crippen molar-refractivity contribution in [2.24, 2.45) is 5.90 Å². The fourth-order valence-electron chi connectivity index (χ4n) is 2.44. The number of rotatable bonds is 6. The first kappa shape index (κ1) is 14.6. The van der Waals surface area contributed by atoms with E-state index in [4.69, 9.17) is 15.4 Å². The predicted molar refractivity (Wildman–Crippen MR) is 77.4 cm³/mol. The lowest BCUT2D eigenvalue weighted by molar-refractivity contribution is 0.139. The van der Waals surface area contributed by atoms with Crippen LogP contribution in [0.15, 0.2) is 16.6 Å². The van der Waals surface area contributed by atoms with Crippen LogP contribution in [0.1, 0.15) is 31.2 Å². The van der Waals surface area contributed by atoms with E-state index in [-0.39, 0.29) is 0 Å². The molecule has 1 saturated carbocycles. The van der Waals surface area contributed by atoms with E-state index in [2.05, 4.69) is 20.8 Å². The first-order valence-corrected chi connectivity index (χ1v) is 7.39. The third-order valence-electron chi connectivity index (χ3n) is 3.44. The second kappa shape index (κ2) is 7.12. The molecule has 0 amide bonds. The molecule has 1 fully saturated rings. The Morgan fingerprint density at radius 1 is 1.32 bits per heavy atom. The topological polar surface area (TPSA) is 53.7 Å². The first-order chi connectivity index (χ1) is 9.26. The van der Waals surface area contributed by atoms with Crippen molar-refractivity contribution in [3.63, 3.8) is 0 Å². The van der Waals surface area contributed by atoms with Gasteiger partial charge in [-0.2, -0.15) is 0 Å². The van der Waals surface area contributed by atoms with E-state index in [1.807, 2.05) is 12.1 Å². The highest BCUT2D eigenvalue weighted by Crippen LogP contribution is 2.38. The van der Waals surface area contributed by atoms with Crippen LogP contribution in [-0.2, 0) is 11.3 Å². The molecule has 0 aromatic heterocycles. The lowest BCUT2D eigenvalue weighted by atomic mass is 10.1. The molecule has 106 valence electrons. The van der Waals surface area contributed by atoms with E-state index in [0.29, 0.717) is 19.1 Å². The maximum Gasteiger partial charge on any atom is 0.165 e. The van der Waals surface area contributed by atoms with E-state index in [1.54, 1.807) is 7.11 Å². The van der Waals surface area contributed by atoms with Gasteiger partial charge in [0.2, 0.25) is 0 Å². The second-order valence-electron chi connectivity index (χ2n) is 4.70. The highest BCUT2D eigenvalue weighted by molar-refractivity contribution is 9.10. The van der Waals surface area contributed by atoms with Gasteiger partial charge in [0.15, 0.2) is 11.5 Å². The minimum absolute atomic E-state index is 0.292. The molecular formula is C14H20BrNO3. The fraction of sp³-hybridized carbons (Fsp3) is 0.571. The summed E-state index contributed by atoms with van der Waals surface area (Å²) in [6.07, 6.45) is 5.69. The molecule has 5 heteroatoms. The zero-order valence-corrected chi connectivity index (χ0v) is 12.7. The molecule has 1 aromatic carbocycles. The van der Waals surface area contributed by atoms with Gasteiger partial charge >= 0.3 is 0 Å². The zero-order chi connectivity index (χ0) is 13.7. The Kier molecular flexibility index (Phi) is 5.48. The van der Waals surface area contributed by atoms with Gasteiger partial charge in [-0.3, -0.25) is 0 Å².